The van der Waals surface area contributed by atoms with Crippen molar-refractivity contribution in [1.29, 1.82) is 0 Å². The van der Waals surface area contributed by atoms with Crippen LogP contribution < -0.4 is 0 Å². The fourth-order valence-electron chi connectivity index (χ4n) is 12.6. The number of carbonyl (C=O) groups is 1. The van der Waals surface area contributed by atoms with Gasteiger partial charge in [-0.25, -0.2) is 9.67 Å². The third-order valence-electron chi connectivity index (χ3n) is 16.7. The highest BCUT2D eigenvalue weighted by Crippen LogP contribution is 2.75. The van der Waals surface area contributed by atoms with Gasteiger partial charge < -0.3 is 19.5 Å². The monoisotopic (exact) mass is 667 g/mol. The number of ether oxygens (including phenoxy) is 2. The summed E-state index contributed by atoms with van der Waals surface area (Å²) in [5, 5.41) is 15.8. The van der Waals surface area contributed by atoms with E-state index in [4.69, 9.17) is 14.6 Å². The minimum atomic E-state index is -0.606. The van der Waals surface area contributed by atoms with Crippen LogP contribution >= 0.6 is 0 Å². The van der Waals surface area contributed by atoms with Crippen LogP contribution in [-0.4, -0.2) is 76.3 Å². The number of hydrogen-bond donors (Lipinski definition) is 1. The second-order valence-corrected chi connectivity index (χ2v) is 19.1. The van der Waals surface area contributed by atoms with Gasteiger partial charge in [0.15, 0.2) is 0 Å². The first-order valence-corrected chi connectivity index (χ1v) is 19.0. The van der Waals surface area contributed by atoms with Gasteiger partial charge in [-0.1, -0.05) is 74.0 Å². The number of aromatic nitrogens is 3. The topological polar surface area (TPSA) is 89.7 Å². The third-order valence-corrected chi connectivity index (χ3v) is 16.7. The number of fused-ring (bicyclic) bond motifs is 3. The summed E-state index contributed by atoms with van der Waals surface area (Å²) < 4.78 is 16.0. The molecule has 8 nitrogen and oxygen atoms in total. The molecule has 12 atom stereocenters. The molecule has 270 valence electrons. The minimum Gasteiger partial charge on any atom is -0.481 e. The Labute approximate surface area is 290 Å². The molecule has 1 aromatic heterocycles. The maximum absolute atomic E-state index is 13.5. The lowest BCUT2D eigenvalue weighted by Gasteiger charge is -2.71. The molecule has 8 heteroatoms. The lowest BCUT2D eigenvalue weighted by Crippen LogP contribution is -2.69. The second kappa shape index (κ2) is 11.9. The van der Waals surface area contributed by atoms with E-state index in [0.717, 1.165) is 38.5 Å². The fraction of sp³-hybridized carbons (Fsp3) is 0.875. The van der Waals surface area contributed by atoms with Crippen molar-refractivity contribution in [2.75, 3.05) is 33.9 Å². The third kappa shape index (κ3) is 4.80. The fourth-order valence-corrected chi connectivity index (χ4v) is 12.6. The molecule has 1 aromatic rings. The lowest BCUT2D eigenvalue weighted by atomic mass is 9.34. The molecule has 0 aromatic carbocycles. The van der Waals surface area contributed by atoms with Crippen LogP contribution in [0.25, 0.3) is 0 Å². The van der Waals surface area contributed by atoms with E-state index < -0.39 is 5.97 Å². The largest absolute Gasteiger partial charge is 0.481 e. The van der Waals surface area contributed by atoms with Crippen LogP contribution in [0.5, 0.6) is 0 Å². The van der Waals surface area contributed by atoms with Gasteiger partial charge in [0.1, 0.15) is 12.7 Å². The highest BCUT2D eigenvalue weighted by Gasteiger charge is 2.72. The Morgan fingerprint density at radius 3 is 2.40 bits per heavy atom. The Balaban J connectivity index is 1.43. The predicted molar refractivity (Wildman–Crippen MR) is 189 cm³/mol. The molecule has 48 heavy (non-hydrogen) atoms. The van der Waals surface area contributed by atoms with E-state index in [2.05, 4.69) is 104 Å². The highest BCUT2D eigenvalue weighted by atomic mass is 16.5. The number of aliphatic carboxylic acids is 1. The van der Waals surface area contributed by atoms with Crippen LogP contribution in [0.1, 0.15) is 114 Å². The normalized spacial score (nSPS) is 44.4. The molecule has 1 N–H and O–H groups in total. The quantitative estimate of drug-likeness (QED) is 0.270. The van der Waals surface area contributed by atoms with Crippen LogP contribution in [-0.2, 0) is 14.3 Å². The van der Waals surface area contributed by atoms with Gasteiger partial charge in [-0.3, -0.25) is 4.79 Å². The summed E-state index contributed by atoms with van der Waals surface area (Å²) >= 11 is 0. The first-order valence-electron chi connectivity index (χ1n) is 19.0. The van der Waals surface area contributed by atoms with E-state index in [1.165, 1.54) is 0 Å². The van der Waals surface area contributed by atoms with Crippen LogP contribution in [0.2, 0.25) is 0 Å². The summed E-state index contributed by atoms with van der Waals surface area (Å²) in [6.45, 7) is 25.3. The predicted octanol–water partition coefficient (Wildman–Crippen LogP) is 7.77. The van der Waals surface area contributed by atoms with Crippen LogP contribution in [0.4, 0.5) is 0 Å². The lowest BCUT2D eigenvalue weighted by molar-refractivity contribution is -0.255. The average Bonchev–Trinajstić information content (AvgIpc) is 3.55. The Bertz CT molecular complexity index is 1380. The summed E-state index contributed by atoms with van der Waals surface area (Å²) in [6, 6.07) is 0.0327. The molecule has 0 amide bonds. The molecule has 2 heterocycles. The van der Waals surface area contributed by atoms with E-state index in [1.54, 1.807) is 11.9 Å². The summed E-state index contributed by atoms with van der Waals surface area (Å²) in [5.41, 5.74) is 0.426. The zero-order chi connectivity index (χ0) is 35.2. The van der Waals surface area contributed by atoms with E-state index in [9.17, 15) is 9.90 Å². The van der Waals surface area contributed by atoms with Gasteiger partial charge in [0.2, 0.25) is 0 Å². The van der Waals surface area contributed by atoms with Crippen molar-refractivity contribution in [2.24, 2.45) is 62.6 Å². The molecule has 0 spiro atoms. The van der Waals surface area contributed by atoms with E-state index in [0.29, 0.717) is 49.4 Å². The summed E-state index contributed by atoms with van der Waals surface area (Å²) in [5.74, 6) is 0.958. The van der Waals surface area contributed by atoms with Gasteiger partial charge in [0, 0.05) is 16.4 Å². The Hall–Kier alpha value is -1.77. The van der Waals surface area contributed by atoms with Gasteiger partial charge in [-0.05, 0) is 105 Å². The van der Waals surface area contributed by atoms with Crippen molar-refractivity contribution in [3.05, 3.63) is 24.3 Å². The Morgan fingerprint density at radius 2 is 1.81 bits per heavy atom. The summed E-state index contributed by atoms with van der Waals surface area (Å²) in [4.78, 5) is 20.2. The molecule has 4 fully saturated rings. The van der Waals surface area contributed by atoms with Crippen molar-refractivity contribution in [3.63, 3.8) is 0 Å². The highest BCUT2D eigenvalue weighted by molar-refractivity contribution is 5.73. The minimum absolute atomic E-state index is 0.0327. The van der Waals surface area contributed by atoms with Crippen molar-refractivity contribution in [3.8, 4) is 0 Å². The molecule has 6 rings (SSSR count). The van der Waals surface area contributed by atoms with E-state index in [1.807, 2.05) is 6.33 Å². The SMILES string of the molecule is CC(C)[C@@H](C)[C@@]1(C)CC[C@]2(C)[C@H]3CC[C@@H]4[C@@]5(COC[C@@]4(C)[C@@H](OC[C@@](C)(C(C)C)N(C)C)[C@H](n4cncn4)C5)C3=CC[C@@]2(C)[C@@H]1C(=O)O. The number of rotatable bonds is 9. The number of allylic oxidation sites excluding steroid dienone is 1. The van der Waals surface area contributed by atoms with Gasteiger partial charge in [0.05, 0.1) is 37.9 Å². The molecule has 1 saturated heterocycles. The van der Waals surface area contributed by atoms with E-state index >= 15 is 0 Å². The van der Waals surface area contributed by atoms with Gasteiger partial charge in [-0.2, -0.15) is 5.10 Å². The van der Waals surface area contributed by atoms with Crippen molar-refractivity contribution in [2.45, 2.75) is 125 Å². The molecule has 4 aliphatic carbocycles. The molecule has 0 unspecified atom stereocenters. The van der Waals surface area contributed by atoms with Crippen LogP contribution in [0.3, 0.4) is 0 Å². The molecule has 0 radical (unpaired) electrons. The standard InChI is InChI=1S/C40H66N4O4/c1-25(2)27(5)35(6)17-18-37(8)28-13-14-31-36(7)20-47-22-40(31,29(28)15-16-38(37,9)32(35)34(45)46)19-30(44-24-41-23-42-44)33(36)48-21-39(10,26(3)4)43(11)12/h15,23-28,30-33H,13-14,16-22H2,1-12H3,(H,45,46)/t27-,28+,30-,31+,32-,33+,35-,36-,37-,38+,39+,40+/m1/s1. The zero-order valence-electron chi connectivity index (χ0n) is 32.2. The number of hydrogen-bond acceptors (Lipinski definition) is 6. The number of nitrogens with zero attached hydrogens (tertiary/aromatic N) is 4. The molecule has 1 aliphatic heterocycles. The maximum atomic E-state index is 13.5. The number of carboxylic acid groups (broad SMARTS) is 1. The van der Waals surface area contributed by atoms with Crippen LogP contribution in [0.15, 0.2) is 24.3 Å². The van der Waals surface area contributed by atoms with Crippen molar-refractivity contribution < 1.29 is 19.4 Å². The molecule has 2 bridgehead atoms. The second-order valence-electron chi connectivity index (χ2n) is 19.1. The molecular weight excluding hydrogens is 600 g/mol. The number of likely N-dealkylation sites (N-methyl/N-ethyl adjacent to an activating group) is 1. The Kier molecular flexibility index (Phi) is 8.93. The first-order chi connectivity index (χ1) is 22.3. The maximum Gasteiger partial charge on any atom is 0.307 e. The zero-order valence-corrected chi connectivity index (χ0v) is 32.2. The van der Waals surface area contributed by atoms with Crippen molar-refractivity contribution in [1.82, 2.24) is 19.7 Å². The molecule has 3 saturated carbocycles. The average molecular weight is 667 g/mol. The smallest absolute Gasteiger partial charge is 0.307 e. The Morgan fingerprint density at radius 1 is 1.10 bits per heavy atom. The molecular formula is C40H66N4O4. The first kappa shape index (κ1) is 36.0. The number of carboxylic acids is 1. The van der Waals surface area contributed by atoms with Crippen molar-refractivity contribution >= 4 is 5.97 Å². The molecule has 5 aliphatic rings. The summed E-state index contributed by atoms with van der Waals surface area (Å²) in [7, 11) is 4.32. The van der Waals surface area contributed by atoms with Gasteiger partial charge >= 0.3 is 5.97 Å². The summed E-state index contributed by atoms with van der Waals surface area (Å²) in [6.07, 6.45) is 12.0. The van der Waals surface area contributed by atoms with Crippen LogP contribution in [0, 0.1) is 62.6 Å². The van der Waals surface area contributed by atoms with Gasteiger partial charge in [-0.15, -0.1) is 0 Å². The van der Waals surface area contributed by atoms with Gasteiger partial charge in [0.25, 0.3) is 0 Å². The van der Waals surface area contributed by atoms with E-state index in [-0.39, 0.29) is 50.7 Å².